The molecule has 1 aromatic rings. The Labute approximate surface area is 95.2 Å². The third-order valence-electron chi connectivity index (χ3n) is 1.95. The second kappa shape index (κ2) is 4.99. The summed E-state index contributed by atoms with van der Waals surface area (Å²) in [6, 6.07) is 3.99. The number of aldehydes is 1. The number of rotatable bonds is 4. The minimum Gasteiger partial charge on any atom is -0.475 e. The summed E-state index contributed by atoms with van der Waals surface area (Å²) in [5.41, 5.74) is -0.900. The molecule has 0 spiro atoms. The first-order valence-corrected chi connectivity index (χ1v) is 4.64. The van der Waals surface area contributed by atoms with E-state index in [1.54, 1.807) is 0 Å². The number of hydrogen-bond donors (Lipinski definition) is 0. The zero-order valence-electron chi connectivity index (χ0n) is 8.82. The first-order valence-electron chi connectivity index (χ1n) is 4.64. The number of alkyl halides is 3. The van der Waals surface area contributed by atoms with Crippen molar-refractivity contribution in [1.82, 2.24) is 0 Å². The molecule has 0 fully saturated rings. The molecule has 0 amide bonds. The summed E-state index contributed by atoms with van der Waals surface area (Å²) in [5, 5.41) is 0. The maximum Gasteiger partial charge on any atom is 0.416 e. The minimum atomic E-state index is -4.49. The molecule has 0 saturated carbocycles. The number of hydrogen-bond acceptors (Lipinski definition) is 3. The van der Waals surface area contributed by atoms with Gasteiger partial charge in [0.2, 0.25) is 6.10 Å². The molecule has 92 valence electrons. The molecule has 0 aromatic heterocycles. The van der Waals surface area contributed by atoms with Gasteiger partial charge in [-0.15, -0.1) is 0 Å². The predicted molar refractivity (Wildman–Crippen MR) is 52.6 cm³/mol. The smallest absolute Gasteiger partial charge is 0.416 e. The molecule has 0 aliphatic heterocycles. The molecule has 1 unspecified atom stereocenters. The summed E-state index contributed by atoms with van der Waals surface area (Å²) < 4.78 is 41.9. The van der Waals surface area contributed by atoms with Gasteiger partial charge in [-0.2, -0.15) is 13.2 Å². The van der Waals surface area contributed by atoms with Crippen LogP contribution in [0.2, 0.25) is 0 Å². The zero-order valence-corrected chi connectivity index (χ0v) is 8.82. The molecule has 0 saturated heterocycles. The van der Waals surface area contributed by atoms with Crippen molar-refractivity contribution in [2.24, 2.45) is 0 Å². The van der Waals surface area contributed by atoms with Crippen molar-refractivity contribution in [3.8, 4) is 5.75 Å². The summed E-state index contributed by atoms with van der Waals surface area (Å²) in [7, 11) is 0. The van der Waals surface area contributed by atoms with Crippen LogP contribution in [0.3, 0.4) is 0 Å². The molecular weight excluding hydrogens is 237 g/mol. The lowest BCUT2D eigenvalue weighted by atomic mass is 10.2. The van der Waals surface area contributed by atoms with Crippen LogP contribution >= 0.6 is 0 Å². The Morgan fingerprint density at radius 1 is 1.41 bits per heavy atom. The van der Waals surface area contributed by atoms with E-state index in [0.717, 1.165) is 25.1 Å². The van der Waals surface area contributed by atoms with Gasteiger partial charge in [0.15, 0.2) is 12.1 Å². The van der Waals surface area contributed by atoms with Crippen LogP contribution in [-0.4, -0.2) is 18.2 Å². The van der Waals surface area contributed by atoms with Crippen LogP contribution in [-0.2, 0) is 15.8 Å². The van der Waals surface area contributed by atoms with Crippen LogP contribution in [0.5, 0.6) is 5.75 Å². The van der Waals surface area contributed by atoms with E-state index in [0.29, 0.717) is 0 Å². The lowest BCUT2D eigenvalue weighted by Crippen LogP contribution is -2.26. The van der Waals surface area contributed by atoms with Gasteiger partial charge < -0.3 is 4.74 Å². The van der Waals surface area contributed by atoms with Crippen molar-refractivity contribution in [2.45, 2.75) is 19.2 Å². The molecular formula is C11H9F3O3. The van der Waals surface area contributed by atoms with E-state index in [-0.39, 0.29) is 12.0 Å². The maximum atomic E-state index is 12.4. The normalized spacial score (nSPS) is 12.9. The number of halogens is 3. The monoisotopic (exact) mass is 246 g/mol. The molecule has 0 aliphatic rings. The Morgan fingerprint density at radius 2 is 2.06 bits per heavy atom. The second-order valence-corrected chi connectivity index (χ2v) is 3.31. The molecule has 0 aliphatic carbocycles. The Hall–Kier alpha value is -1.85. The summed E-state index contributed by atoms with van der Waals surface area (Å²) in [6.45, 7) is 1.12. The molecule has 17 heavy (non-hydrogen) atoms. The molecule has 0 radical (unpaired) electrons. The lowest BCUT2D eigenvalue weighted by molar-refractivity contribution is -0.137. The van der Waals surface area contributed by atoms with Gasteiger partial charge in [0.25, 0.3) is 0 Å². The lowest BCUT2D eigenvalue weighted by Gasteiger charge is -2.12. The Balaban J connectivity index is 2.93. The average molecular weight is 246 g/mol. The highest BCUT2D eigenvalue weighted by molar-refractivity contribution is 5.94. The van der Waals surface area contributed by atoms with E-state index in [9.17, 15) is 22.8 Å². The zero-order chi connectivity index (χ0) is 13.1. The van der Waals surface area contributed by atoms with E-state index in [1.807, 2.05) is 0 Å². The SMILES string of the molecule is CC(=O)C(C=O)Oc1cccc(C(F)(F)F)c1. The summed E-state index contributed by atoms with van der Waals surface area (Å²) in [4.78, 5) is 21.3. The number of Topliss-reactive ketones (excluding diaryl/α,β-unsaturated/α-hetero) is 1. The third kappa shape index (κ3) is 3.58. The van der Waals surface area contributed by atoms with E-state index in [1.165, 1.54) is 6.07 Å². The summed E-state index contributed by atoms with van der Waals surface area (Å²) >= 11 is 0. The van der Waals surface area contributed by atoms with E-state index in [2.05, 4.69) is 0 Å². The predicted octanol–water partition coefficient (Wildman–Crippen LogP) is 2.24. The van der Waals surface area contributed by atoms with Gasteiger partial charge in [0.1, 0.15) is 5.75 Å². The fraction of sp³-hybridized carbons (Fsp3) is 0.273. The number of ketones is 1. The van der Waals surface area contributed by atoms with E-state index < -0.39 is 23.6 Å². The number of ether oxygens (including phenoxy) is 1. The first-order chi connectivity index (χ1) is 7.84. The van der Waals surface area contributed by atoms with Gasteiger partial charge in [-0.25, -0.2) is 0 Å². The standard InChI is InChI=1S/C11H9F3O3/c1-7(16)10(6-15)17-9-4-2-3-8(5-9)11(12,13)14/h2-6,10H,1H3. The van der Waals surface area contributed by atoms with Crippen molar-refractivity contribution in [3.63, 3.8) is 0 Å². The highest BCUT2D eigenvalue weighted by atomic mass is 19.4. The topological polar surface area (TPSA) is 43.4 Å². The van der Waals surface area contributed by atoms with E-state index >= 15 is 0 Å². The minimum absolute atomic E-state index is 0.174. The number of benzene rings is 1. The van der Waals surface area contributed by atoms with Crippen LogP contribution in [0.15, 0.2) is 24.3 Å². The average Bonchev–Trinajstić information content (AvgIpc) is 2.24. The van der Waals surface area contributed by atoms with Crippen molar-refractivity contribution in [1.29, 1.82) is 0 Å². The Kier molecular flexibility index (Phi) is 3.88. The van der Waals surface area contributed by atoms with Gasteiger partial charge in [-0.1, -0.05) is 6.07 Å². The second-order valence-electron chi connectivity index (χ2n) is 3.31. The summed E-state index contributed by atoms with van der Waals surface area (Å²) in [5.74, 6) is -0.746. The highest BCUT2D eigenvalue weighted by Gasteiger charge is 2.30. The quantitative estimate of drug-likeness (QED) is 0.604. The van der Waals surface area contributed by atoms with Crippen molar-refractivity contribution in [3.05, 3.63) is 29.8 Å². The first kappa shape index (κ1) is 13.2. The fourth-order valence-electron chi connectivity index (χ4n) is 1.10. The largest absolute Gasteiger partial charge is 0.475 e. The van der Waals surface area contributed by atoms with Crippen LogP contribution in [0.4, 0.5) is 13.2 Å². The molecule has 1 rings (SSSR count). The van der Waals surface area contributed by atoms with Crippen molar-refractivity contribution >= 4 is 12.1 Å². The molecule has 0 bridgehead atoms. The van der Waals surface area contributed by atoms with Gasteiger partial charge in [0, 0.05) is 0 Å². The van der Waals surface area contributed by atoms with Crippen molar-refractivity contribution < 1.29 is 27.5 Å². The maximum absolute atomic E-state index is 12.4. The molecule has 3 nitrogen and oxygen atoms in total. The van der Waals surface area contributed by atoms with Crippen LogP contribution < -0.4 is 4.74 Å². The molecule has 0 heterocycles. The van der Waals surface area contributed by atoms with Gasteiger partial charge in [0.05, 0.1) is 5.56 Å². The van der Waals surface area contributed by atoms with Gasteiger partial charge >= 0.3 is 6.18 Å². The molecule has 0 N–H and O–H groups in total. The highest BCUT2D eigenvalue weighted by Crippen LogP contribution is 2.31. The van der Waals surface area contributed by atoms with Crippen LogP contribution in [0.1, 0.15) is 12.5 Å². The van der Waals surface area contributed by atoms with Crippen molar-refractivity contribution in [2.75, 3.05) is 0 Å². The van der Waals surface area contributed by atoms with Crippen LogP contribution in [0, 0.1) is 0 Å². The fourth-order valence-corrected chi connectivity index (χ4v) is 1.10. The Morgan fingerprint density at radius 3 is 2.53 bits per heavy atom. The number of carbonyl (C=O) groups is 2. The summed E-state index contributed by atoms with van der Waals surface area (Å²) in [6.07, 6.45) is -5.63. The Bertz CT molecular complexity index is 426. The van der Waals surface area contributed by atoms with Gasteiger partial charge in [-0.05, 0) is 25.1 Å². The van der Waals surface area contributed by atoms with Crippen LogP contribution in [0.25, 0.3) is 0 Å². The number of carbonyl (C=O) groups excluding carboxylic acids is 2. The van der Waals surface area contributed by atoms with Gasteiger partial charge in [-0.3, -0.25) is 9.59 Å². The third-order valence-corrected chi connectivity index (χ3v) is 1.95. The molecule has 1 aromatic carbocycles. The molecule has 6 heteroatoms. The molecule has 1 atom stereocenters. The van der Waals surface area contributed by atoms with E-state index in [4.69, 9.17) is 4.74 Å².